The quantitative estimate of drug-likeness (QED) is 0.659. The van der Waals surface area contributed by atoms with Gasteiger partial charge in [-0.25, -0.2) is 4.98 Å². The molecule has 0 saturated heterocycles. The van der Waals surface area contributed by atoms with Gasteiger partial charge in [0.05, 0.1) is 12.8 Å². The highest BCUT2D eigenvalue weighted by atomic mass is 32.2. The van der Waals surface area contributed by atoms with Gasteiger partial charge in [-0.15, -0.1) is 0 Å². The average molecular weight is 276 g/mol. The van der Waals surface area contributed by atoms with Gasteiger partial charge in [-0.05, 0) is 17.2 Å². The number of nitrogens with one attached hydrogen (secondary N) is 1. The maximum Gasteiger partial charge on any atom is 0.293 e. The summed E-state index contributed by atoms with van der Waals surface area (Å²) in [5, 5.41) is 9.60. The molecule has 98 valence electrons. The van der Waals surface area contributed by atoms with Gasteiger partial charge in [0.15, 0.2) is 10.9 Å². The van der Waals surface area contributed by atoms with Gasteiger partial charge in [0.2, 0.25) is 0 Å². The summed E-state index contributed by atoms with van der Waals surface area (Å²) < 4.78 is 5.45. The van der Waals surface area contributed by atoms with Crippen molar-refractivity contribution in [2.24, 2.45) is 0 Å². The Hall–Kier alpha value is -1.95. The van der Waals surface area contributed by atoms with E-state index in [0.29, 0.717) is 10.9 Å². The molecule has 2 heterocycles. The van der Waals surface area contributed by atoms with E-state index < -0.39 is 5.56 Å². The first-order chi connectivity index (χ1) is 9.22. The molecule has 19 heavy (non-hydrogen) atoms. The summed E-state index contributed by atoms with van der Waals surface area (Å²) in [6.45, 7) is 0.749. The van der Waals surface area contributed by atoms with Crippen LogP contribution in [0.1, 0.15) is 11.1 Å². The van der Waals surface area contributed by atoms with Gasteiger partial charge in [0.25, 0.3) is 5.56 Å². The summed E-state index contributed by atoms with van der Waals surface area (Å²) in [6.07, 6.45) is 2.11. The summed E-state index contributed by atoms with van der Waals surface area (Å²) in [4.78, 5) is 17.7. The zero-order chi connectivity index (χ0) is 13.2. The van der Waals surface area contributed by atoms with Crippen molar-refractivity contribution in [3.8, 4) is 11.5 Å². The number of ether oxygens (including phenoxy) is 1. The minimum Gasteiger partial charge on any atom is -0.502 e. The summed E-state index contributed by atoms with van der Waals surface area (Å²) in [6, 6.07) is 6.11. The summed E-state index contributed by atoms with van der Waals surface area (Å²) in [7, 11) is 0. The molecule has 6 heteroatoms. The smallest absolute Gasteiger partial charge is 0.293 e. The fourth-order valence-electron chi connectivity index (χ4n) is 1.93. The second kappa shape index (κ2) is 4.97. The molecule has 2 N–H and O–H groups in total. The fourth-order valence-corrected chi connectivity index (χ4v) is 2.70. The average Bonchev–Trinajstić information content (AvgIpc) is 2.87. The highest BCUT2D eigenvalue weighted by molar-refractivity contribution is 7.98. The number of benzene rings is 1. The first-order valence-corrected chi connectivity index (χ1v) is 6.86. The lowest BCUT2D eigenvalue weighted by Gasteiger charge is -2.04. The van der Waals surface area contributed by atoms with E-state index in [-0.39, 0.29) is 5.75 Å². The number of nitrogens with zero attached hydrogens (tertiary/aromatic N) is 1. The molecule has 2 aromatic rings. The summed E-state index contributed by atoms with van der Waals surface area (Å²) in [5.41, 5.74) is 1.87. The van der Waals surface area contributed by atoms with Gasteiger partial charge in [-0.3, -0.25) is 9.78 Å². The molecule has 1 aromatic heterocycles. The number of thioether (sulfide) groups is 1. The summed E-state index contributed by atoms with van der Waals surface area (Å²) in [5.74, 6) is 1.31. The molecule has 0 amide bonds. The molecule has 5 nitrogen and oxygen atoms in total. The molecule has 1 aromatic carbocycles. The lowest BCUT2D eigenvalue weighted by atomic mass is 10.1. The molecule has 0 fully saturated rings. The number of hydrogen-bond acceptors (Lipinski definition) is 5. The molecule has 1 aliphatic heterocycles. The first-order valence-electron chi connectivity index (χ1n) is 5.88. The lowest BCUT2D eigenvalue weighted by Crippen LogP contribution is -2.06. The maximum absolute atomic E-state index is 11.2. The third-order valence-corrected chi connectivity index (χ3v) is 3.85. The van der Waals surface area contributed by atoms with E-state index in [9.17, 15) is 4.79 Å². The second-order valence-corrected chi connectivity index (χ2v) is 5.20. The van der Waals surface area contributed by atoms with Crippen molar-refractivity contribution in [1.82, 2.24) is 9.97 Å². The SMILES string of the molecule is O=c1[nH]c(SCc2ccc3c(c2)CCO3)ncc1O. The van der Waals surface area contributed by atoms with Crippen molar-refractivity contribution in [3.05, 3.63) is 45.9 Å². The van der Waals surface area contributed by atoms with E-state index in [1.54, 1.807) is 0 Å². The van der Waals surface area contributed by atoms with Crippen LogP contribution in [-0.4, -0.2) is 21.7 Å². The lowest BCUT2D eigenvalue weighted by molar-refractivity contribution is 0.357. The fraction of sp³-hybridized carbons (Fsp3) is 0.231. The van der Waals surface area contributed by atoms with Gasteiger partial charge in [0, 0.05) is 12.2 Å². The maximum atomic E-state index is 11.2. The van der Waals surface area contributed by atoms with Gasteiger partial charge < -0.3 is 9.84 Å². The Morgan fingerprint density at radius 2 is 2.37 bits per heavy atom. The van der Waals surface area contributed by atoms with Crippen LogP contribution in [0, 0.1) is 0 Å². The van der Waals surface area contributed by atoms with Crippen molar-refractivity contribution in [2.75, 3.05) is 6.61 Å². The van der Waals surface area contributed by atoms with Gasteiger partial charge in [0.1, 0.15) is 5.75 Å². The normalized spacial score (nSPS) is 13.1. The number of H-pyrrole nitrogens is 1. The van der Waals surface area contributed by atoms with Crippen LogP contribution in [0.2, 0.25) is 0 Å². The van der Waals surface area contributed by atoms with Crippen molar-refractivity contribution in [2.45, 2.75) is 17.3 Å². The molecular formula is C13H12N2O3S. The predicted molar refractivity (Wildman–Crippen MR) is 71.7 cm³/mol. The number of aromatic hydroxyl groups is 1. The Bertz CT molecular complexity index is 669. The van der Waals surface area contributed by atoms with Crippen molar-refractivity contribution in [1.29, 1.82) is 0 Å². The monoisotopic (exact) mass is 276 g/mol. The predicted octanol–water partition coefficient (Wildman–Crippen LogP) is 1.70. The standard InChI is InChI=1S/C13H12N2O3S/c16-10-6-14-13(15-12(10)17)19-7-8-1-2-11-9(5-8)3-4-18-11/h1-2,5-6,16H,3-4,7H2,(H,14,15,17). The largest absolute Gasteiger partial charge is 0.502 e. The van der Waals surface area contributed by atoms with Crippen LogP contribution in [0.25, 0.3) is 0 Å². The minimum atomic E-state index is -0.514. The second-order valence-electron chi connectivity index (χ2n) is 4.23. The summed E-state index contributed by atoms with van der Waals surface area (Å²) >= 11 is 1.42. The Labute approximate surface area is 113 Å². The van der Waals surface area contributed by atoms with Crippen LogP contribution in [0.15, 0.2) is 34.3 Å². The Morgan fingerprint density at radius 3 is 3.21 bits per heavy atom. The molecule has 0 aliphatic carbocycles. The molecule has 0 atom stereocenters. The van der Waals surface area contributed by atoms with E-state index in [0.717, 1.165) is 30.5 Å². The molecule has 0 spiro atoms. The Balaban J connectivity index is 1.72. The van der Waals surface area contributed by atoms with Crippen LogP contribution >= 0.6 is 11.8 Å². The first kappa shape index (κ1) is 12.1. The van der Waals surface area contributed by atoms with Crippen LogP contribution in [-0.2, 0) is 12.2 Å². The van der Waals surface area contributed by atoms with Crippen molar-refractivity contribution in [3.63, 3.8) is 0 Å². The molecule has 0 unspecified atom stereocenters. The third-order valence-electron chi connectivity index (χ3n) is 2.89. The van der Waals surface area contributed by atoms with Gasteiger partial charge in [-0.1, -0.05) is 23.9 Å². The van der Waals surface area contributed by atoms with Crippen LogP contribution < -0.4 is 10.3 Å². The zero-order valence-corrected chi connectivity index (χ0v) is 10.9. The van der Waals surface area contributed by atoms with Crippen LogP contribution in [0.3, 0.4) is 0 Å². The Kier molecular flexibility index (Phi) is 3.16. The number of fused-ring (bicyclic) bond motifs is 1. The van der Waals surface area contributed by atoms with Crippen LogP contribution in [0.5, 0.6) is 11.5 Å². The Morgan fingerprint density at radius 1 is 1.47 bits per heavy atom. The number of hydrogen-bond donors (Lipinski definition) is 2. The highest BCUT2D eigenvalue weighted by Crippen LogP contribution is 2.28. The highest BCUT2D eigenvalue weighted by Gasteiger charge is 2.12. The third kappa shape index (κ3) is 2.58. The number of rotatable bonds is 3. The van der Waals surface area contributed by atoms with Gasteiger partial charge >= 0.3 is 0 Å². The van der Waals surface area contributed by atoms with E-state index in [1.165, 1.54) is 17.3 Å². The molecule has 0 saturated carbocycles. The van der Waals surface area contributed by atoms with Crippen molar-refractivity contribution < 1.29 is 9.84 Å². The van der Waals surface area contributed by atoms with Crippen molar-refractivity contribution >= 4 is 11.8 Å². The topological polar surface area (TPSA) is 75.2 Å². The van der Waals surface area contributed by atoms with E-state index in [2.05, 4.69) is 16.0 Å². The molecule has 1 aliphatic rings. The number of aromatic nitrogens is 2. The zero-order valence-electron chi connectivity index (χ0n) is 10.0. The van der Waals surface area contributed by atoms with E-state index in [1.807, 2.05) is 12.1 Å². The number of aromatic amines is 1. The molecule has 3 rings (SSSR count). The molecule has 0 radical (unpaired) electrons. The van der Waals surface area contributed by atoms with E-state index in [4.69, 9.17) is 9.84 Å². The minimum absolute atomic E-state index is 0.362. The molecule has 0 bridgehead atoms. The molecular weight excluding hydrogens is 264 g/mol. The van der Waals surface area contributed by atoms with E-state index >= 15 is 0 Å². The van der Waals surface area contributed by atoms with Crippen LogP contribution in [0.4, 0.5) is 0 Å². The van der Waals surface area contributed by atoms with Gasteiger partial charge in [-0.2, -0.15) is 0 Å².